The number of hydrogen-bond donors (Lipinski definition) is 2. The molecular formula is C26H35N7S. The van der Waals surface area contributed by atoms with Crippen LogP contribution in [-0.2, 0) is 5.41 Å². The summed E-state index contributed by atoms with van der Waals surface area (Å²) in [4.78, 5) is 17.7. The first-order valence-electron chi connectivity index (χ1n) is 12.3. The maximum atomic E-state index is 6.34. The summed E-state index contributed by atoms with van der Waals surface area (Å²) in [5, 5.41) is 3.43. The summed E-state index contributed by atoms with van der Waals surface area (Å²) in [5.74, 6) is 3.22. The lowest BCUT2D eigenvalue weighted by molar-refractivity contribution is 0.130. The van der Waals surface area contributed by atoms with Crippen LogP contribution in [0.2, 0.25) is 0 Å². The third kappa shape index (κ3) is 5.08. The number of nitrogens with two attached hydrogens (primary N) is 1. The van der Waals surface area contributed by atoms with Gasteiger partial charge >= 0.3 is 0 Å². The highest BCUT2D eigenvalue weighted by Crippen LogP contribution is 2.45. The fourth-order valence-electron chi connectivity index (χ4n) is 5.27. The van der Waals surface area contributed by atoms with Gasteiger partial charge in [-0.25, -0.2) is 9.97 Å². The van der Waals surface area contributed by atoms with E-state index in [9.17, 15) is 0 Å². The second-order valence-electron chi connectivity index (χ2n) is 11.0. The van der Waals surface area contributed by atoms with Crippen LogP contribution in [0.5, 0.6) is 0 Å². The van der Waals surface area contributed by atoms with Crippen LogP contribution in [0, 0.1) is 5.41 Å². The minimum atomic E-state index is 0.0702. The van der Waals surface area contributed by atoms with Gasteiger partial charge in [0.05, 0.1) is 0 Å². The van der Waals surface area contributed by atoms with Crippen LogP contribution in [0.3, 0.4) is 0 Å². The lowest BCUT2D eigenvalue weighted by Crippen LogP contribution is -2.45. The van der Waals surface area contributed by atoms with Gasteiger partial charge in [-0.05, 0) is 72.7 Å². The zero-order valence-electron chi connectivity index (χ0n) is 20.4. The Morgan fingerprint density at radius 1 is 1.12 bits per heavy atom. The van der Waals surface area contributed by atoms with Crippen molar-refractivity contribution in [2.45, 2.75) is 70.8 Å². The van der Waals surface area contributed by atoms with E-state index >= 15 is 0 Å². The first-order valence-corrected chi connectivity index (χ1v) is 13.1. The molecule has 1 aliphatic carbocycles. The molecule has 1 unspecified atom stereocenters. The molecule has 5 rings (SSSR count). The van der Waals surface area contributed by atoms with Gasteiger partial charge in [0.1, 0.15) is 17.5 Å². The summed E-state index contributed by atoms with van der Waals surface area (Å²) in [6, 6.07) is 8.47. The van der Waals surface area contributed by atoms with E-state index < -0.39 is 0 Å². The predicted molar refractivity (Wildman–Crippen MR) is 140 cm³/mol. The van der Waals surface area contributed by atoms with Crippen molar-refractivity contribution < 1.29 is 0 Å². The molecule has 3 N–H and O–H groups in total. The van der Waals surface area contributed by atoms with E-state index in [-0.39, 0.29) is 5.41 Å². The SMILES string of the molecule is CC(C)(C)c1cc(Nc2cc(N3CCC4(CCCC(N)C4)CC3)nc(-c3cccnc3)n2)ns1. The molecule has 0 radical (unpaired) electrons. The fourth-order valence-corrected chi connectivity index (χ4v) is 6.00. The Bertz CT molecular complexity index is 1110. The first kappa shape index (κ1) is 23.2. The van der Waals surface area contributed by atoms with Gasteiger partial charge < -0.3 is 16.0 Å². The number of pyridine rings is 1. The van der Waals surface area contributed by atoms with E-state index in [0.29, 0.717) is 17.3 Å². The summed E-state index contributed by atoms with van der Waals surface area (Å²) in [6.07, 6.45) is 10.9. The monoisotopic (exact) mass is 477 g/mol. The summed E-state index contributed by atoms with van der Waals surface area (Å²) in [6.45, 7) is 8.61. The summed E-state index contributed by atoms with van der Waals surface area (Å²) in [7, 11) is 0. The Morgan fingerprint density at radius 3 is 2.62 bits per heavy atom. The Morgan fingerprint density at radius 2 is 1.94 bits per heavy atom. The molecule has 34 heavy (non-hydrogen) atoms. The number of nitrogens with one attached hydrogen (secondary N) is 1. The van der Waals surface area contributed by atoms with Gasteiger partial charge in [-0.3, -0.25) is 4.98 Å². The smallest absolute Gasteiger partial charge is 0.165 e. The van der Waals surface area contributed by atoms with Crippen molar-refractivity contribution in [3.05, 3.63) is 41.5 Å². The van der Waals surface area contributed by atoms with Crippen molar-refractivity contribution in [1.29, 1.82) is 0 Å². The molecule has 0 amide bonds. The Balaban J connectivity index is 1.41. The van der Waals surface area contributed by atoms with Gasteiger partial charge in [0.2, 0.25) is 0 Å². The van der Waals surface area contributed by atoms with Crippen LogP contribution >= 0.6 is 11.5 Å². The fraction of sp³-hybridized carbons (Fsp3) is 0.538. The second kappa shape index (κ2) is 9.23. The van der Waals surface area contributed by atoms with Gasteiger partial charge in [-0.15, -0.1) is 0 Å². The first-order chi connectivity index (χ1) is 16.3. The molecule has 180 valence electrons. The Kier molecular flexibility index (Phi) is 6.29. The van der Waals surface area contributed by atoms with Gasteiger partial charge in [-0.2, -0.15) is 4.37 Å². The van der Waals surface area contributed by atoms with Crippen molar-refractivity contribution >= 4 is 29.0 Å². The van der Waals surface area contributed by atoms with Crippen LogP contribution in [0.25, 0.3) is 11.4 Å². The van der Waals surface area contributed by atoms with E-state index in [0.717, 1.165) is 42.5 Å². The van der Waals surface area contributed by atoms with Crippen molar-refractivity contribution in [1.82, 2.24) is 19.3 Å². The average Bonchev–Trinajstić information content (AvgIpc) is 3.29. The Labute approximate surface area is 206 Å². The predicted octanol–water partition coefficient (Wildman–Crippen LogP) is 5.52. The lowest BCUT2D eigenvalue weighted by Gasteiger charge is -2.46. The molecule has 2 aliphatic rings. The highest BCUT2D eigenvalue weighted by Gasteiger charge is 2.38. The maximum Gasteiger partial charge on any atom is 0.165 e. The number of nitrogens with zero attached hydrogens (tertiary/aromatic N) is 5. The zero-order chi connectivity index (χ0) is 23.8. The van der Waals surface area contributed by atoms with Crippen LogP contribution in [0.1, 0.15) is 64.2 Å². The molecule has 8 heteroatoms. The average molecular weight is 478 g/mol. The molecule has 1 atom stereocenters. The summed E-state index contributed by atoms with van der Waals surface area (Å²) >= 11 is 1.53. The molecule has 3 aromatic rings. The van der Waals surface area contributed by atoms with Gasteiger partial charge in [-0.1, -0.05) is 27.2 Å². The van der Waals surface area contributed by atoms with E-state index in [1.807, 2.05) is 18.3 Å². The van der Waals surface area contributed by atoms with Crippen molar-refractivity contribution in [2.24, 2.45) is 11.1 Å². The van der Waals surface area contributed by atoms with Crippen molar-refractivity contribution in [2.75, 3.05) is 23.3 Å². The third-order valence-electron chi connectivity index (χ3n) is 7.26. The van der Waals surface area contributed by atoms with Crippen molar-refractivity contribution in [3.63, 3.8) is 0 Å². The molecule has 1 saturated carbocycles. The number of rotatable bonds is 4. The number of aromatic nitrogens is 4. The topological polar surface area (TPSA) is 92.8 Å². The molecule has 4 heterocycles. The summed E-state index contributed by atoms with van der Waals surface area (Å²) < 4.78 is 4.62. The highest BCUT2D eigenvalue weighted by molar-refractivity contribution is 7.06. The molecule has 7 nitrogen and oxygen atoms in total. The van der Waals surface area contributed by atoms with E-state index in [1.165, 1.54) is 48.5 Å². The maximum absolute atomic E-state index is 6.34. The molecular weight excluding hydrogens is 442 g/mol. The Hall–Kier alpha value is -2.58. The molecule has 0 aromatic carbocycles. The molecule has 1 spiro atoms. The van der Waals surface area contributed by atoms with Crippen LogP contribution in [0.4, 0.5) is 17.5 Å². The van der Waals surface area contributed by atoms with Crippen LogP contribution < -0.4 is 16.0 Å². The quantitative estimate of drug-likeness (QED) is 0.511. The molecule has 3 aromatic heterocycles. The number of piperidine rings is 1. The van der Waals surface area contributed by atoms with Gasteiger partial charge in [0, 0.05) is 48.0 Å². The number of anilines is 3. The molecule has 1 saturated heterocycles. The van der Waals surface area contributed by atoms with Gasteiger partial charge in [0.15, 0.2) is 5.82 Å². The van der Waals surface area contributed by atoms with Gasteiger partial charge in [0.25, 0.3) is 0 Å². The van der Waals surface area contributed by atoms with Crippen LogP contribution in [0.15, 0.2) is 36.7 Å². The summed E-state index contributed by atoms with van der Waals surface area (Å²) in [5.41, 5.74) is 7.73. The molecule has 2 fully saturated rings. The highest BCUT2D eigenvalue weighted by atomic mass is 32.1. The zero-order valence-corrected chi connectivity index (χ0v) is 21.2. The second-order valence-corrected chi connectivity index (χ2v) is 11.8. The normalized spacial score (nSPS) is 20.5. The standard InChI is InChI=1S/C26H35N7S/c1-25(2,3)20-14-22(32-34-20)29-21-15-23(31-24(30-21)18-6-5-11-28-17-18)33-12-9-26(10-13-33)8-4-7-19(27)16-26/h5-6,11,14-15,17,19H,4,7-10,12-13,16,27H2,1-3H3,(H,29,30,31,32). The van der Waals surface area contributed by atoms with Crippen LogP contribution in [-0.4, -0.2) is 38.5 Å². The molecule has 0 bridgehead atoms. The third-order valence-corrected chi connectivity index (χ3v) is 8.48. The minimum absolute atomic E-state index is 0.0702. The lowest BCUT2D eigenvalue weighted by atomic mass is 9.67. The van der Waals surface area contributed by atoms with Crippen molar-refractivity contribution in [3.8, 4) is 11.4 Å². The number of hydrogen-bond acceptors (Lipinski definition) is 8. The molecule has 1 aliphatic heterocycles. The largest absolute Gasteiger partial charge is 0.356 e. The van der Waals surface area contributed by atoms with E-state index in [2.05, 4.69) is 52.5 Å². The van der Waals surface area contributed by atoms with E-state index in [1.54, 1.807) is 6.20 Å². The minimum Gasteiger partial charge on any atom is -0.356 e. The van der Waals surface area contributed by atoms with E-state index in [4.69, 9.17) is 15.7 Å².